The summed E-state index contributed by atoms with van der Waals surface area (Å²) in [6, 6.07) is 4.67. The summed E-state index contributed by atoms with van der Waals surface area (Å²) >= 11 is 5.89. The van der Waals surface area contributed by atoms with Crippen LogP contribution in [-0.4, -0.2) is 24.7 Å². The first-order valence-corrected chi connectivity index (χ1v) is 6.74. The quantitative estimate of drug-likeness (QED) is 0.899. The summed E-state index contributed by atoms with van der Waals surface area (Å²) in [7, 11) is 0. The first kappa shape index (κ1) is 14.5. The fourth-order valence-electron chi connectivity index (χ4n) is 2.15. The van der Waals surface area contributed by atoms with Crippen molar-refractivity contribution in [3.63, 3.8) is 0 Å². The second-order valence-electron chi connectivity index (χ2n) is 4.51. The SMILES string of the molecule is FC(F)Oc1ccc(Cl)cc1CNN1CCCCC1. The number of nitrogens with zero attached hydrogens (tertiary/aromatic N) is 1. The zero-order valence-electron chi connectivity index (χ0n) is 10.5. The van der Waals surface area contributed by atoms with Crippen LogP contribution in [0.2, 0.25) is 5.02 Å². The minimum absolute atomic E-state index is 0.170. The highest BCUT2D eigenvalue weighted by Crippen LogP contribution is 2.24. The van der Waals surface area contributed by atoms with Gasteiger partial charge in [0.1, 0.15) is 5.75 Å². The van der Waals surface area contributed by atoms with Crippen LogP contribution in [0, 0.1) is 0 Å². The molecular weight excluding hydrogens is 274 g/mol. The van der Waals surface area contributed by atoms with Crippen LogP contribution in [-0.2, 0) is 6.54 Å². The van der Waals surface area contributed by atoms with E-state index < -0.39 is 6.61 Å². The van der Waals surface area contributed by atoms with Gasteiger partial charge in [-0.3, -0.25) is 5.43 Å². The van der Waals surface area contributed by atoms with Crippen LogP contribution in [0.1, 0.15) is 24.8 Å². The second-order valence-corrected chi connectivity index (χ2v) is 4.95. The average molecular weight is 291 g/mol. The highest BCUT2D eigenvalue weighted by atomic mass is 35.5. The molecule has 1 heterocycles. The molecule has 1 aromatic carbocycles. The Hall–Kier alpha value is -0.910. The molecule has 1 aromatic rings. The molecule has 0 bridgehead atoms. The molecular formula is C13H17ClF2N2O. The summed E-state index contributed by atoms with van der Waals surface area (Å²) in [5, 5.41) is 2.62. The molecule has 2 rings (SSSR count). The first-order valence-electron chi connectivity index (χ1n) is 6.37. The molecule has 1 fully saturated rings. The van der Waals surface area contributed by atoms with Gasteiger partial charge in [0, 0.05) is 30.2 Å². The standard InChI is InChI=1S/C13H17ClF2N2O/c14-11-4-5-12(19-13(15)16)10(8-11)9-17-18-6-2-1-3-7-18/h4-5,8,13,17H,1-3,6-7,9H2. The number of hydrogen-bond donors (Lipinski definition) is 1. The van der Waals surface area contributed by atoms with E-state index in [2.05, 4.69) is 15.2 Å². The van der Waals surface area contributed by atoms with Crippen LogP contribution < -0.4 is 10.2 Å². The van der Waals surface area contributed by atoms with Crippen molar-refractivity contribution in [3.8, 4) is 5.75 Å². The molecule has 3 nitrogen and oxygen atoms in total. The van der Waals surface area contributed by atoms with E-state index in [0.717, 1.165) is 25.9 Å². The molecule has 106 valence electrons. The summed E-state index contributed by atoms with van der Waals surface area (Å²) in [4.78, 5) is 0. The average Bonchev–Trinajstić information content (AvgIpc) is 2.40. The van der Waals surface area contributed by atoms with E-state index >= 15 is 0 Å². The monoisotopic (exact) mass is 290 g/mol. The van der Waals surface area contributed by atoms with Crippen LogP contribution >= 0.6 is 11.6 Å². The number of alkyl halides is 2. The van der Waals surface area contributed by atoms with Crippen molar-refractivity contribution in [3.05, 3.63) is 28.8 Å². The summed E-state index contributed by atoms with van der Waals surface area (Å²) in [6.07, 6.45) is 3.56. The number of halogens is 3. The van der Waals surface area contributed by atoms with Crippen molar-refractivity contribution in [2.45, 2.75) is 32.4 Å². The van der Waals surface area contributed by atoms with Crippen LogP contribution in [0.15, 0.2) is 18.2 Å². The van der Waals surface area contributed by atoms with Crippen molar-refractivity contribution in [2.24, 2.45) is 0 Å². The highest BCUT2D eigenvalue weighted by molar-refractivity contribution is 6.30. The van der Waals surface area contributed by atoms with E-state index in [1.54, 1.807) is 12.1 Å². The molecule has 0 unspecified atom stereocenters. The summed E-state index contributed by atoms with van der Waals surface area (Å²) < 4.78 is 29.1. The van der Waals surface area contributed by atoms with Crippen LogP contribution in [0.25, 0.3) is 0 Å². The third-order valence-electron chi connectivity index (χ3n) is 3.09. The molecule has 0 spiro atoms. The normalized spacial score (nSPS) is 16.8. The molecule has 0 aromatic heterocycles. The largest absolute Gasteiger partial charge is 0.434 e. The molecule has 1 aliphatic rings. The van der Waals surface area contributed by atoms with Gasteiger partial charge in [-0.25, -0.2) is 5.01 Å². The molecule has 1 saturated heterocycles. The third-order valence-corrected chi connectivity index (χ3v) is 3.32. The Balaban J connectivity index is 1.98. The van der Waals surface area contributed by atoms with Gasteiger partial charge in [-0.15, -0.1) is 0 Å². The van der Waals surface area contributed by atoms with Gasteiger partial charge in [0.15, 0.2) is 0 Å². The molecule has 0 amide bonds. The Kier molecular flexibility index (Phi) is 5.36. The van der Waals surface area contributed by atoms with Crippen LogP contribution in [0.5, 0.6) is 5.75 Å². The lowest BCUT2D eigenvalue weighted by Gasteiger charge is -2.27. The molecule has 0 atom stereocenters. The third kappa shape index (κ3) is 4.60. The van der Waals surface area contributed by atoms with E-state index in [4.69, 9.17) is 11.6 Å². The molecule has 0 saturated carbocycles. The highest BCUT2D eigenvalue weighted by Gasteiger charge is 2.13. The zero-order chi connectivity index (χ0) is 13.7. The Morgan fingerprint density at radius 1 is 1.26 bits per heavy atom. The van der Waals surface area contributed by atoms with Crippen LogP contribution in [0.3, 0.4) is 0 Å². The molecule has 6 heteroatoms. The molecule has 1 aliphatic heterocycles. The van der Waals surface area contributed by atoms with Gasteiger partial charge in [0.05, 0.1) is 0 Å². The fourth-order valence-corrected chi connectivity index (χ4v) is 2.34. The number of benzene rings is 1. The maximum Gasteiger partial charge on any atom is 0.387 e. The lowest BCUT2D eigenvalue weighted by atomic mass is 10.1. The number of piperidine rings is 1. The Morgan fingerprint density at radius 3 is 2.68 bits per heavy atom. The number of ether oxygens (including phenoxy) is 1. The molecule has 1 N–H and O–H groups in total. The van der Waals surface area contributed by atoms with Gasteiger partial charge < -0.3 is 4.74 Å². The number of nitrogens with one attached hydrogen (secondary N) is 1. The van der Waals surface area contributed by atoms with Crippen molar-refractivity contribution in [1.29, 1.82) is 0 Å². The Morgan fingerprint density at radius 2 is 2.00 bits per heavy atom. The summed E-state index contributed by atoms with van der Waals surface area (Å²) in [5.74, 6) is 0.170. The van der Waals surface area contributed by atoms with Crippen molar-refractivity contribution in [1.82, 2.24) is 10.4 Å². The lowest BCUT2D eigenvalue weighted by Crippen LogP contribution is -2.41. The van der Waals surface area contributed by atoms with E-state index in [-0.39, 0.29) is 5.75 Å². The number of hydrogen-bond acceptors (Lipinski definition) is 3. The van der Waals surface area contributed by atoms with Gasteiger partial charge in [0.25, 0.3) is 0 Å². The van der Waals surface area contributed by atoms with Gasteiger partial charge in [-0.2, -0.15) is 8.78 Å². The maximum absolute atomic E-state index is 12.3. The Labute approximate surface area is 116 Å². The van der Waals surface area contributed by atoms with Gasteiger partial charge in [0.2, 0.25) is 0 Å². The van der Waals surface area contributed by atoms with Crippen molar-refractivity contribution in [2.75, 3.05) is 13.1 Å². The van der Waals surface area contributed by atoms with Crippen molar-refractivity contribution >= 4 is 11.6 Å². The molecule has 19 heavy (non-hydrogen) atoms. The first-order chi connectivity index (χ1) is 9.15. The summed E-state index contributed by atoms with van der Waals surface area (Å²) in [6.45, 7) is -0.435. The van der Waals surface area contributed by atoms with Gasteiger partial charge >= 0.3 is 6.61 Å². The predicted octanol–water partition coefficient (Wildman–Crippen LogP) is 3.43. The zero-order valence-corrected chi connectivity index (χ0v) is 11.3. The molecule has 0 aliphatic carbocycles. The topological polar surface area (TPSA) is 24.5 Å². The molecule has 0 radical (unpaired) electrons. The minimum Gasteiger partial charge on any atom is -0.434 e. The Bertz CT molecular complexity index is 412. The van der Waals surface area contributed by atoms with E-state index in [0.29, 0.717) is 17.1 Å². The number of hydrazine groups is 1. The van der Waals surface area contributed by atoms with E-state index in [9.17, 15) is 8.78 Å². The van der Waals surface area contributed by atoms with Crippen molar-refractivity contribution < 1.29 is 13.5 Å². The van der Waals surface area contributed by atoms with Gasteiger partial charge in [-0.1, -0.05) is 18.0 Å². The van der Waals surface area contributed by atoms with E-state index in [1.165, 1.54) is 12.5 Å². The predicted molar refractivity (Wildman–Crippen MR) is 70.3 cm³/mol. The van der Waals surface area contributed by atoms with E-state index in [1.807, 2.05) is 0 Å². The lowest BCUT2D eigenvalue weighted by molar-refractivity contribution is -0.0506. The summed E-state index contributed by atoms with van der Waals surface area (Å²) in [5.41, 5.74) is 3.87. The van der Waals surface area contributed by atoms with Crippen LogP contribution in [0.4, 0.5) is 8.78 Å². The second kappa shape index (κ2) is 7.03. The van der Waals surface area contributed by atoms with Gasteiger partial charge in [-0.05, 0) is 31.0 Å². The minimum atomic E-state index is -2.82. The number of rotatable bonds is 5. The fraction of sp³-hybridized carbons (Fsp3) is 0.538. The maximum atomic E-state index is 12.3. The smallest absolute Gasteiger partial charge is 0.387 e.